The number of carboxylic acid groups (broad SMARTS) is 1. The zero-order chi connectivity index (χ0) is 14.1. The van der Waals surface area contributed by atoms with Crippen molar-refractivity contribution in [3.8, 4) is 0 Å². The average molecular weight is 307 g/mol. The molecule has 6 heteroatoms. The van der Waals surface area contributed by atoms with Gasteiger partial charge < -0.3 is 10.4 Å². The van der Waals surface area contributed by atoms with Crippen LogP contribution in [0.4, 0.5) is 5.00 Å². The van der Waals surface area contributed by atoms with Crippen LogP contribution in [0.3, 0.4) is 0 Å². The first kappa shape index (κ1) is 13.3. The third-order valence-corrected chi connectivity index (χ3v) is 5.29. The van der Waals surface area contributed by atoms with E-state index in [0.717, 1.165) is 36.1 Å². The van der Waals surface area contributed by atoms with Crippen LogP contribution in [-0.4, -0.2) is 17.0 Å². The molecule has 3 rings (SSSR count). The Bertz CT molecular complexity index is 658. The zero-order valence-electron chi connectivity index (χ0n) is 10.6. The van der Waals surface area contributed by atoms with Crippen LogP contribution in [0, 0.1) is 0 Å². The second-order valence-electron chi connectivity index (χ2n) is 4.69. The number of carboxylic acids is 1. The molecule has 0 saturated carbocycles. The smallest absolute Gasteiger partial charge is 0.339 e. The standard InChI is InChI=1S/C14H13NO3S2/c16-12(8-5-6-19-7-8)15-13-11(14(17)18)9-3-1-2-4-10(9)20-13/h5-7H,1-4H2,(H,15,16)(H,17,18). The number of hydrogen-bond donors (Lipinski definition) is 2. The summed E-state index contributed by atoms with van der Waals surface area (Å²) in [6, 6.07) is 1.73. The summed E-state index contributed by atoms with van der Waals surface area (Å²) in [6.07, 6.45) is 3.81. The Balaban J connectivity index is 1.95. The lowest BCUT2D eigenvalue weighted by Crippen LogP contribution is -2.13. The van der Waals surface area contributed by atoms with Crippen molar-refractivity contribution < 1.29 is 14.7 Å². The molecule has 2 N–H and O–H groups in total. The minimum absolute atomic E-state index is 0.243. The van der Waals surface area contributed by atoms with Gasteiger partial charge in [0.2, 0.25) is 0 Å². The Morgan fingerprint density at radius 2 is 2.05 bits per heavy atom. The predicted molar refractivity (Wildman–Crippen MR) is 80.2 cm³/mol. The monoisotopic (exact) mass is 307 g/mol. The van der Waals surface area contributed by atoms with Crippen molar-refractivity contribution in [1.82, 2.24) is 0 Å². The minimum Gasteiger partial charge on any atom is -0.478 e. The number of thiophene rings is 2. The maximum absolute atomic E-state index is 12.1. The number of anilines is 1. The van der Waals surface area contributed by atoms with E-state index in [9.17, 15) is 14.7 Å². The first-order chi connectivity index (χ1) is 9.66. The second kappa shape index (κ2) is 5.38. The predicted octanol–water partition coefficient (Wildman–Crippen LogP) is 3.64. The minimum atomic E-state index is -0.954. The molecule has 0 aromatic carbocycles. The van der Waals surface area contributed by atoms with Gasteiger partial charge in [0.15, 0.2) is 0 Å². The number of rotatable bonds is 3. The summed E-state index contributed by atoms with van der Waals surface area (Å²) >= 11 is 2.85. The van der Waals surface area contributed by atoms with E-state index in [-0.39, 0.29) is 11.5 Å². The van der Waals surface area contributed by atoms with Crippen LogP contribution in [-0.2, 0) is 12.8 Å². The van der Waals surface area contributed by atoms with Crippen LogP contribution in [0.2, 0.25) is 0 Å². The third-order valence-electron chi connectivity index (χ3n) is 3.40. The van der Waals surface area contributed by atoms with E-state index in [1.165, 1.54) is 22.7 Å². The Hall–Kier alpha value is -1.66. The van der Waals surface area contributed by atoms with Gasteiger partial charge in [0, 0.05) is 10.3 Å². The molecule has 1 aliphatic carbocycles. The highest BCUT2D eigenvalue weighted by Gasteiger charge is 2.26. The Labute approximate surface area is 124 Å². The van der Waals surface area contributed by atoms with E-state index in [0.29, 0.717) is 10.6 Å². The van der Waals surface area contributed by atoms with Gasteiger partial charge >= 0.3 is 5.97 Å². The normalized spacial score (nSPS) is 13.8. The number of carbonyl (C=O) groups excluding carboxylic acids is 1. The van der Waals surface area contributed by atoms with Crippen LogP contribution in [0.25, 0.3) is 0 Å². The molecule has 0 unspecified atom stereocenters. The molecule has 0 aliphatic heterocycles. The summed E-state index contributed by atoms with van der Waals surface area (Å²) in [5, 5.41) is 16.2. The molecule has 0 spiro atoms. The highest BCUT2D eigenvalue weighted by Crippen LogP contribution is 2.38. The van der Waals surface area contributed by atoms with E-state index in [2.05, 4.69) is 5.32 Å². The molecule has 4 nitrogen and oxygen atoms in total. The van der Waals surface area contributed by atoms with Gasteiger partial charge in [-0.25, -0.2) is 4.79 Å². The van der Waals surface area contributed by atoms with Crippen LogP contribution < -0.4 is 5.32 Å². The molecule has 0 saturated heterocycles. The van der Waals surface area contributed by atoms with E-state index in [1.807, 2.05) is 5.38 Å². The fourth-order valence-corrected chi connectivity index (χ4v) is 4.36. The molecule has 2 aromatic rings. The van der Waals surface area contributed by atoms with Gasteiger partial charge in [-0.15, -0.1) is 11.3 Å². The lowest BCUT2D eigenvalue weighted by atomic mass is 9.95. The Morgan fingerprint density at radius 3 is 2.75 bits per heavy atom. The van der Waals surface area contributed by atoms with Crippen molar-refractivity contribution in [2.45, 2.75) is 25.7 Å². The first-order valence-corrected chi connectivity index (χ1v) is 8.14. The molecule has 104 valence electrons. The maximum atomic E-state index is 12.1. The summed E-state index contributed by atoms with van der Waals surface area (Å²) in [5.74, 6) is -1.20. The van der Waals surface area contributed by atoms with Crippen molar-refractivity contribution in [2.75, 3.05) is 5.32 Å². The Kier molecular flexibility index (Phi) is 3.58. The fraction of sp³-hybridized carbons (Fsp3) is 0.286. The number of fused-ring (bicyclic) bond motifs is 1. The molecule has 0 radical (unpaired) electrons. The van der Waals surface area contributed by atoms with Crippen molar-refractivity contribution >= 4 is 39.6 Å². The molecular formula is C14H13NO3S2. The fourth-order valence-electron chi connectivity index (χ4n) is 2.45. The van der Waals surface area contributed by atoms with Crippen LogP contribution in [0.15, 0.2) is 16.8 Å². The van der Waals surface area contributed by atoms with Crippen molar-refractivity contribution in [3.05, 3.63) is 38.4 Å². The molecule has 20 heavy (non-hydrogen) atoms. The van der Waals surface area contributed by atoms with Gasteiger partial charge in [0.25, 0.3) is 5.91 Å². The van der Waals surface area contributed by atoms with E-state index in [4.69, 9.17) is 0 Å². The van der Waals surface area contributed by atoms with Gasteiger partial charge in [-0.2, -0.15) is 11.3 Å². The van der Waals surface area contributed by atoms with E-state index >= 15 is 0 Å². The lowest BCUT2D eigenvalue weighted by Gasteiger charge is -2.10. The molecule has 0 fully saturated rings. The molecule has 2 heterocycles. The molecule has 1 aliphatic rings. The number of nitrogens with one attached hydrogen (secondary N) is 1. The number of hydrogen-bond acceptors (Lipinski definition) is 4. The number of amides is 1. The van der Waals surface area contributed by atoms with Gasteiger partial charge in [-0.1, -0.05) is 0 Å². The zero-order valence-corrected chi connectivity index (χ0v) is 12.3. The summed E-state index contributed by atoms with van der Waals surface area (Å²) in [7, 11) is 0. The van der Waals surface area contributed by atoms with Crippen molar-refractivity contribution in [2.24, 2.45) is 0 Å². The van der Waals surface area contributed by atoms with Gasteiger partial charge in [-0.05, 0) is 42.7 Å². The van der Waals surface area contributed by atoms with Gasteiger partial charge in [0.05, 0.1) is 11.1 Å². The quantitative estimate of drug-likeness (QED) is 0.909. The van der Waals surface area contributed by atoms with E-state index < -0.39 is 5.97 Å². The average Bonchev–Trinajstić information content (AvgIpc) is 3.05. The van der Waals surface area contributed by atoms with Crippen molar-refractivity contribution in [1.29, 1.82) is 0 Å². The SMILES string of the molecule is O=C(Nc1sc2c(c1C(=O)O)CCCC2)c1ccsc1. The van der Waals surface area contributed by atoms with Gasteiger partial charge in [-0.3, -0.25) is 4.79 Å². The lowest BCUT2D eigenvalue weighted by molar-refractivity contribution is 0.0697. The summed E-state index contributed by atoms with van der Waals surface area (Å²) in [6.45, 7) is 0. The molecule has 0 atom stereocenters. The largest absolute Gasteiger partial charge is 0.478 e. The van der Waals surface area contributed by atoms with Crippen molar-refractivity contribution in [3.63, 3.8) is 0 Å². The topological polar surface area (TPSA) is 66.4 Å². The molecule has 1 amide bonds. The third kappa shape index (κ3) is 2.36. The number of carbonyl (C=O) groups is 2. The van der Waals surface area contributed by atoms with Crippen LogP contribution in [0.5, 0.6) is 0 Å². The highest BCUT2D eigenvalue weighted by molar-refractivity contribution is 7.17. The number of aryl methyl sites for hydroxylation is 1. The molecule has 2 aromatic heterocycles. The van der Waals surface area contributed by atoms with Crippen LogP contribution in [0.1, 0.15) is 44.0 Å². The second-order valence-corrected chi connectivity index (χ2v) is 6.57. The number of aromatic carboxylic acids is 1. The summed E-state index contributed by atoms with van der Waals surface area (Å²) < 4.78 is 0. The maximum Gasteiger partial charge on any atom is 0.339 e. The van der Waals surface area contributed by atoms with Gasteiger partial charge in [0.1, 0.15) is 5.00 Å². The summed E-state index contributed by atoms with van der Waals surface area (Å²) in [5.41, 5.74) is 1.76. The van der Waals surface area contributed by atoms with Crippen LogP contribution >= 0.6 is 22.7 Å². The summed E-state index contributed by atoms with van der Waals surface area (Å²) in [4.78, 5) is 24.7. The highest BCUT2D eigenvalue weighted by atomic mass is 32.1. The van der Waals surface area contributed by atoms with E-state index in [1.54, 1.807) is 11.4 Å². The molecule has 0 bridgehead atoms. The Morgan fingerprint density at radius 1 is 1.25 bits per heavy atom. The first-order valence-electron chi connectivity index (χ1n) is 6.38. The molecular weight excluding hydrogens is 294 g/mol.